The maximum absolute atomic E-state index is 12.7. The van der Waals surface area contributed by atoms with Crippen LogP contribution in [-0.4, -0.2) is 70.0 Å². The molecule has 0 radical (unpaired) electrons. The molecule has 0 aliphatic carbocycles. The van der Waals surface area contributed by atoms with Gasteiger partial charge in [0.2, 0.25) is 0 Å². The van der Waals surface area contributed by atoms with Crippen LogP contribution in [0.4, 0.5) is 24.5 Å². The van der Waals surface area contributed by atoms with Crippen molar-refractivity contribution in [2.45, 2.75) is 26.1 Å². The Hall–Kier alpha value is -5.30. The van der Waals surface area contributed by atoms with Crippen molar-refractivity contribution in [3.05, 3.63) is 84.3 Å². The lowest BCUT2D eigenvalue weighted by Crippen LogP contribution is -2.40. The molecule has 0 spiro atoms. The summed E-state index contributed by atoms with van der Waals surface area (Å²) in [6, 6.07) is 19.5. The Morgan fingerprint density at radius 2 is 1.70 bits per heavy atom. The standard InChI is InChI=1S/C34H31F3N6O4/c1-21(2)29(32(44)47-33(45)34(35,36)37)40-25-11-8-23(9-12-25)30-27(14-13-24-10-7-22-5-3-4-6-26(22)39-24)41-31-28(15-16-38-43(30)31)42-17-19-46-20-18-42/h3-16,21,29,40H,17-20H2,1-2H3/b14-13+/t29-/m0/s1. The monoisotopic (exact) mass is 644 g/mol. The van der Waals surface area contributed by atoms with Crippen LogP contribution in [0.2, 0.25) is 0 Å². The number of aromatic nitrogens is 4. The Morgan fingerprint density at radius 3 is 2.43 bits per heavy atom. The van der Waals surface area contributed by atoms with Crippen LogP contribution in [0.15, 0.2) is 72.9 Å². The number of imidazole rings is 1. The molecule has 6 rings (SSSR count). The Morgan fingerprint density at radius 1 is 0.957 bits per heavy atom. The highest BCUT2D eigenvalue weighted by molar-refractivity contribution is 5.92. The number of nitrogens with zero attached hydrogens (tertiary/aromatic N) is 5. The van der Waals surface area contributed by atoms with Gasteiger partial charge in [0.05, 0.1) is 42.0 Å². The number of benzene rings is 2. The summed E-state index contributed by atoms with van der Waals surface area (Å²) in [4.78, 5) is 35.7. The first-order valence-corrected chi connectivity index (χ1v) is 15.0. The number of nitrogens with one attached hydrogen (secondary N) is 1. The molecule has 1 atom stereocenters. The lowest BCUT2D eigenvalue weighted by Gasteiger charge is -2.28. The van der Waals surface area contributed by atoms with E-state index >= 15 is 0 Å². The van der Waals surface area contributed by atoms with Gasteiger partial charge in [-0.2, -0.15) is 18.3 Å². The van der Waals surface area contributed by atoms with Crippen LogP contribution in [0.1, 0.15) is 25.2 Å². The van der Waals surface area contributed by atoms with Gasteiger partial charge in [-0.15, -0.1) is 0 Å². The first-order chi connectivity index (χ1) is 22.6. The van der Waals surface area contributed by atoms with Gasteiger partial charge >= 0.3 is 18.1 Å². The fraction of sp³-hybridized carbons (Fsp3) is 0.265. The lowest BCUT2D eigenvalue weighted by molar-refractivity contribution is -0.202. The normalized spacial score (nSPS) is 14.6. The van der Waals surface area contributed by atoms with Crippen LogP contribution in [0.3, 0.4) is 0 Å². The number of halogens is 3. The molecule has 1 aliphatic rings. The second-order valence-corrected chi connectivity index (χ2v) is 11.3. The minimum absolute atomic E-state index is 0.442. The third-order valence-electron chi connectivity index (χ3n) is 7.73. The van der Waals surface area contributed by atoms with Gasteiger partial charge < -0.3 is 19.7 Å². The van der Waals surface area contributed by atoms with Gasteiger partial charge in [-0.05, 0) is 48.4 Å². The molecule has 1 saturated heterocycles. The zero-order valence-electron chi connectivity index (χ0n) is 25.6. The molecule has 1 aliphatic heterocycles. The van der Waals surface area contributed by atoms with E-state index in [0.717, 1.165) is 27.8 Å². The molecule has 2 aromatic carbocycles. The van der Waals surface area contributed by atoms with Crippen molar-refractivity contribution in [2.24, 2.45) is 5.92 Å². The van der Waals surface area contributed by atoms with Gasteiger partial charge in [-0.25, -0.2) is 24.1 Å². The van der Waals surface area contributed by atoms with Gasteiger partial charge in [0.15, 0.2) is 5.65 Å². The predicted molar refractivity (Wildman–Crippen MR) is 172 cm³/mol. The average Bonchev–Trinajstić information content (AvgIpc) is 3.44. The summed E-state index contributed by atoms with van der Waals surface area (Å²) in [5.74, 6) is -4.35. The highest BCUT2D eigenvalue weighted by Gasteiger charge is 2.43. The number of esters is 2. The Kier molecular flexibility index (Phi) is 8.90. The molecule has 1 fully saturated rings. The van der Waals surface area contributed by atoms with Crippen molar-refractivity contribution in [3.8, 4) is 11.3 Å². The molecule has 5 aromatic rings. The van der Waals surface area contributed by atoms with Gasteiger partial charge in [-0.3, -0.25) is 0 Å². The molecule has 1 N–H and O–H groups in total. The fourth-order valence-electron chi connectivity index (χ4n) is 5.34. The number of rotatable bonds is 8. The quantitative estimate of drug-likeness (QED) is 0.160. The summed E-state index contributed by atoms with van der Waals surface area (Å²) >= 11 is 0. The fourth-order valence-corrected chi connectivity index (χ4v) is 5.34. The summed E-state index contributed by atoms with van der Waals surface area (Å²) in [5, 5.41) is 8.57. The number of carbonyl (C=O) groups is 2. The molecule has 0 saturated carbocycles. The number of hydrogen-bond acceptors (Lipinski definition) is 9. The largest absolute Gasteiger partial charge is 0.491 e. The molecule has 47 heavy (non-hydrogen) atoms. The molecule has 13 heteroatoms. The van der Waals surface area contributed by atoms with Crippen molar-refractivity contribution < 1.29 is 32.2 Å². The third-order valence-corrected chi connectivity index (χ3v) is 7.73. The van der Waals surface area contributed by atoms with Crippen LogP contribution in [-0.2, 0) is 19.1 Å². The molecule has 242 valence electrons. The maximum Gasteiger partial charge on any atom is 0.491 e. The van der Waals surface area contributed by atoms with Crippen LogP contribution in [0.5, 0.6) is 0 Å². The van der Waals surface area contributed by atoms with Gasteiger partial charge in [0, 0.05) is 29.7 Å². The van der Waals surface area contributed by atoms with Gasteiger partial charge in [0.25, 0.3) is 0 Å². The zero-order chi connectivity index (χ0) is 33.1. The van der Waals surface area contributed by atoms with E-state index in [0.29, 0.717) is 49.0 Å². The second kappa shape index (κ2) is 13.2. The third kappa shape index (κ3) is 6.94. The van der Waals surface area contributed by atoms with E-state index in [1.807, 2.05) is 54.6 Å². The smallest absolute Gasteiger partial charge is 0.385 e. The summed E-state index contributed by atoms with van der Waals surface area (Å²) in [6.45, 7) is 5.89. The number of anilines is 2. The van der Waals surface area contributed by atoms with Crippen molar-refractivity contribution in [3.63, 3.8) is 0 Å². The Balaban J connectivity index is 1.35. The van der Waals surface area contributed by atoms with Crippen LogP contribution < -0.4 is 10.2 Å². The topological polar surface area (TPSA) is 111 Å². The predicted octanol–water partition coefficient (Wildman–Crippen LogP) is 6.02. The van der Waals surface area contributed by atoms with Crippen molar-refractivity contribution in [1.29, 1.82) is 0 Å². The van der Waals surface area contributed by atoms with E-state index in [9.17, 15) is 22.8 Å². The van der Waals surface area contributed by atoms with E-state index in [1.165, 1.54) is 0 Å². The summed E-state index contributed by atoms with van der Waals surface area (Å²) in [5.41, 5.74) is 5.73. The first-order valence-electron chi connectivity index (χ1n) is 15.0. The summed E-state index contributed by atoms with van der Waals surface area (Å²) in [6.07, 6.45) is 0.222. The van der Waals surface area contributed by atoms with E-state index in [2.05, 4.69) is 20.1 Å². The van der Waals surface area contributed by atoms with Crippen LogP contribution in [0, 0.1) is 5.92 Å². The van der Waals surface area contributed by atoms with Gasteiger partial charge in [0.1, 0.15) is 11.7 Å². The average molecular weight is 645 g/mol. The zero-order valence-corrected chi connectivity index (χ0v) is 25.6. The minimum Gasteiger partial charge on any atom is -0.385 e. The van der Waals surface area contributed by atoms with E-state index in [1.54, 1.807) is 48.8 Å². The molecular formula is C34H31F3N6O4. The number of para-hydroxylation sites is 1. The maximum atomic E-state index is 12.7. The molecule has 10 nitrogen and oxygen atoms in total. The number of morpholine rings is 1. The summed E-state index contributed by atoms with van der Waals surface area (Å²) < 4.78 is 49.5. The molecule has 4 heterocycles. The van der Waals surface area contributed by atoms with E-state index < -0.39 is 30.1 Å². The first kappa shape index (κ1) is 31.7. The van der Waals surface area contributed by atoms with Gasteiger partial charge in [-0.1, -0.05) is 50.2 Å². The Labute approximate surface area is 267 Å². The molecule has 0 bridgehead atoms. The minimum atomic E-state index is -5.28. The van der Waals surface area contributed by atoms with Crippen molar-refractivity contribution in [1.82, 2.24) is 19.6 Å². The summed E-state index contributed by atoms with van der Waals surface area (Å²) in [7, 11) is 0. The van der Waals surface area contributed by atoms with Crippen molar-refractivity contribution in [2.75, 3.05) is 36.5 Å². The lowest BCUT2D eigenvalue weighted by atomic mass is 10.0. The number of carbonyl (C=O) groups excluding carboxylic acids is 2. The number of ether oxygens (including phenoxy) is 2. The second-order valence-electron chi connectivity index (χ2n) is 11.3. The van der Waals surface area contributed by atoms with Crippen LogP contribution in [0.25, 0.3) is 40.0 Å². The Bertz CT molecular complexity index is 1950. The van der Waals surface area contributed by atoms with Crippen molar-refractivity contribution >= 4 is 52.0 Å². The highest BCUT2D eigenvalue weighted by atomic mass is 19.4. The SMILES string of the molecule is CC(C)[C@H](Nc1ccc(-c2c(/C=C/c3ccc4ccccc4n3)nc3c(N4CCOCC4)ccnn23)cc1)C(=O)OC(=O)C(F)(F)F. The number of alkyl halides is 3. The number of hydrogen-bond donors (Lipinski definition) is 1. The highest BCUT2D eigenvalue weighted by Crippen LogP contribution is 2.32. The van der Waals surface area contributed by atoms with E-state index in [4.69, 9.17) is 14.7 Å². The molecule has 0 amide bonds. The number of pyridine rings is 1. The molecule has 3 aromatic heterocycles. The van der Waals surface area contributed by atoms with Crippen LogP contribution >= 0.6 is 0 Å². The number of fused-ring (bicyclic) bond motifs is 2. The molecular weight excluding hydrogens is 613 g/mol. The van der Waals surface area contributed by atoms with E-state index in [-0.39, 0.29) is 0 Å². The molecule has 0 unspecified atom stereocenters.